The summed E-state index contributed by atoms with van der Waals surface area (Å²) in [5.41, 5.74) is 3.84. The van der Waals surface area contributed by atoms with E-state index in [0.29, 0.717) is 0 Å². The van der Waals surface area contributed by atoms with Crippen molar-refractivity contribution in [2.75, 3.05) is 0 Å². The highest BCUT2D eigenvalue weighted by atomic mass is 14.3. The van der Waals surface area contributed by atoms with E-state index < -0.39 is 0 Å². The highest BCUT2D eigenvalue weighted by Crippen LogP contribution is 2.35. The Morgan fingerprint density at radius 1 is 1.12 bits per heavy atom. The van der Waals surface area contributed by atoms with Gasteiger partial charge in [-0.15, -0.1) is 0 Å². The van der Waals surface area contributed by atoms with Crippen molar-refractivity contribution in [1.82, 2.24) is 0 Å². The summed E-state index contributed by atoms with van der Waals surface area (Å²) in [5.74, 6) is 0.753. The summed E-state index contributed by atoms with van der Waals surface area (Å²) < 4.78 is 0. The molecular weight excluding hydrogens is 192 g/mol. The highest BCUT2D eigenvalue weighted by molar-refractivity contribution is 5.34. The van der Waals surface area contributed by atoms with Crippen LogP contribution in [0.3, 0.4) is 0 Å². The molecule has 1 fully saturated rings. The molecule has 16 heavy (non-hydrogen) atoms. The second kappa shape index (κ2) is 8.15. The standard InChI is InChI=1S/C14H20.C2H6/c1-5-11(2)9-10-12(3)13(4)14-7-6-8-14;1-2/h5,9-10,14H,1,4,6-8H2,2-3H3;1-2H3/b11-9-,12-10+;. The maximum atomic E-state index is 4.16. The van der Waals surface area contributed by atoms with Crippen molar-refractivity contribution in [3.05, 3.63) is 48.1 Å². The molecule has 0 radical (unpaired) electrons. The zero-order valence-corrected chi connectivity index (χ0v) is 11.3. The van der Waals surface area contributed by atoms with Crippen LogP contribution >= 0.6 is 0 Å². The van der Waals surface area contributed by atoms with Gasteiger partial charge < -0.3 is 0 Å². The summed E-state index contributed by atoms with van der Waals surface area (Å²) in [4.78, 5) is 0. The lowest BCUT2D eigenvalue weighted by atomic mass is 9.78. The molecule has 90 valence electrons. The average Bonchev–Trinajstić information content (AvgIpc) is 2.25. The molecule has 0 aromatic heterocycles. The molecule has 0 aliphatic heterocycles. The summed E-state index contributed by atoms with van der Waals surface area (Å²) in [5, 5.41) is 0. The van der Waals surface area contributed by atoms with E-state index in [-0.39, 0.29) is 0 Å². The maximum Gasteiger partial charge on any atom is -0.0165 e. The van der Waals surface area contributed by atoms with Crippen LogP contribution in [0.5, 0.6) is 0 Å². The predicted octanol–water partition coefficient (Wildman–Crippen LogP) is 5.45. The smallest absolute Gasteiger partial charge is 0.0165 e. The molecule has 0 bridgehead atoms. The van der Waals surface area contributed by atoms with E-state index in [1.807, 2.05) is 19.9 Å². The second-order valence-corrected chi connectivity index (χ2v) is 4.12. The zero-order chi connectivity index (χ0) is 12.6. The van der Waals surface area contributed by atoms with Crippen LogP contribution in [0, 0.1) is 5.92 Å². The lowest BCUT2D eigenvalue weighted by Crippen LogP contribution is -2.13. The van der Waals surface area contributed by atoms with Gasteiger partial charge in [0.2, 0.25) is 0 Å². The summed E-state index contributed by atoms with van der Waals surface area (Å²) >= 11 is 0. The van der Waals surface area contributed by atoms with Gasteiger partial charge in [0.1, 0.15) is 0 Å². The predicted molar refractivity (Wildman–Crippen MR) is 75.5 cm³/mol. The third-order valence-electron chi connectivity index (χ3n) is 3.02. The Hall–Kier alpha value is -1.04. The van der Waals surface area contributed by atoms with Crippen LogP contribution in [0.2, 0.25) is 0 Å². The molecule has 0 spiro atoms. The molecule has 0 aromatic carbocycles. The minimum Gasteiger partial charge on any atom is -0.0988 e. The normalized spacial score (nSPS) is 17.0. The van der Waals surface area contributed by atoms with Crippen LogP contribution in [0.15, 0.2) is 48.1 Å². The van der Waals surface area contributed by atoms with Crippen LogP contribution in [-0.2, 0) is 0 Å². The van der Waals surface area contributed by atoms with Gasteiger partial charge in [0, 0.05) is 0 Å². The van der Waals surface area contributed by atoms with Gasteiger partial charge in [-0.1, -0.05) is 57.2 Å². The van der Waals surface area contributed by atoms with Gasteiger partial charge >= 0.3 is 0 Å². The molecule has 0 N–H and O–H groups in total. The number of hydrogen-bond acceptors (Lipinski definition) is 0. The van der Waals surface area contributed by atoms with Crippen molar-refractivity contribution < 1.29 is 0 Å². The van der Waals surface area contributed by atoms with Crippen molar-refractivity contribution >= 4 is 0 Å². The Morgan fingerprint density at radius 3 is 2.06 bits per heavy atom. The topological polar surface area (TPSA) is 0 Å². The van der Waals surface area contributed by atoms with Crippen LogP contribution in [0.4, 0.5) is 0 Å². The number of hydrogen-bond donors (Lipinski definition) is 0. The minimum absolute atomic E-state index is 0.753. The highest BCUT2D eigenvalue weighted by Gasteiger charge is 2.20. The van der Waals surface area contributed by atoms with E-state index >= 15 is 0 Å². The monoisotopic (exact) mass is 218 g/mol. The first-order chi connectivity index (χ1) is 7.65. The zero-order valence-electron chi connectivity index (χ0n) is 11.3. The van der Waals surface area contributed by atoms with Gasteiger partial charge in [-0.2, -0.15) is 0 Å². The van der Waals surface area contributed by atoms with E-state index in [0.717, 1.165) is 5.92 Å². The Balaban J connectivity index is 0.00000106. The quantitative estimate of drug-likeness (QED) is 0.551. The fourth-order valence-corrected chi connectivity index (χ4v) is 1.51. The average molecular weight is 218 g/mol. The second-order valence-electron chi connectivity index (χ2n) is 4.12. The summed E-state index contributed by atoms with van der Waals surface area (Å²) in [6.07, 6.45) is 10.2. The van der Waals surface area contributed by atoms with Gasteiger partial charge in [0.05, 0.1) is 0 Å². The molecular formula is C16H26. The van der Waals surface area contributed by atoms with Crippen molar-refractivity contribution in [1.29, 1.82) is 0 Å². The van der Waals surface area contributed by atoms with Crippen molar-refractivity contribution in [2.24, 2.45) is 5.92 Å². The van der Waals surface area contributed by atoms with E-state index in [4.69, 9.17) is 0 Å². The van der Waals surface area contributed by atoms with Crippen molar-refractivity contribution in [3.63, 3.8) is 0 Å². The van der Waals surface area contributed by atoms with Crippen LogP contribution < -0.4 is 0 Å². The third-order valence-corrected chi connectivity index (χ3v) is 3.02. The molecule has 1 aliphatic rings. The van der Waals surface area contributed by atoms with Gasteiger partial charge in [-0.3, -0.25) is 0 Å². The van der Waals surface area contributed by atoms with Crippen LogP contribution in [-0.4, -0.2) is 0 Å². The fraction of sp³-hybridized carbons (Fsp3) is 0.500. The Morgan fingerprint density at radius 2 is 1.69 bits per heavy atom. The molecule has 0 unspecified atom stereocenters. The molecule has 1 rings (SSSR count). The molecule has 0 amide bonds. The van der Waals surface area contributed by atoms with E-state index in [1.54, 1.807) is 0 Å². The molecule has 0 heteroatoms. The largest absolute Gasteiger partial charge is 0.0988 e. The van der Waals surface area contributed by atoms with E-state index in [2.05, 4.69) is 39.2 Å². The van der Waals surface area contributed by atoms with Crippen molar-refractivity contribution in [3.8, 4) is 0 Å². The SMILES string of the molecule is C=C/C(C)=C\C=C(/C)C(=C)C1CCC1.CC. The minimum atomic E-state index is 0.753. The Bertz CT molecular complexity index is 285. The Labute approximate surface area is 101 Å². The summed E-state index contributed by atoms with van der Waals surface area (Å²) in [6.45, 7) is 16.1. The molecule has 0 heterocycles. The van der Waals surface area contributed by atoms with Gasteiger partial charge in [0.15, 0.2) is 0 Å². The first-order valence-corrected chi connectivity index (χ1v) is 6.32. The van der Waals surface area contributed by atoms with Gasteiger partial charge in [-0.05, 0) is 43.8 Å². The maximum absolute atomic E-state index is 4.16. The van der Waals surface area contributed by atoms with Crippen LogP contribution in [0.1, 0.15) is 47.0 Å². The van der Waals surface area contributed by atoms with Crippen molar-refractivity contribution in [2.45, 2.75) is 47.0 Å². The molecule has 0 saturated heterocycles. The summed E-state index contributed by atoms with van der Waals surface area (Å²) in [6, 6.07) is 0. The Kier molecular flexibility index (Phi) is 7.62. The lowest BCUT2D eigenvalue weighted by Gasteiger charge is -2.27. The van der Waals surface area contributed by atoms with E-state index in [1.165, 1.54) is 36.0 Å². The number of allylic oxidation sites excluding steroid dienone is 6. The molecule has 0 aromatic rings. The summed E-state index contributed by atoms with van der Waals surface area (Å²) in [7, 11) is 0. The van der Waals surface area contributed by atoms with E-state index in [9.17, 15) is 0 Å². The molecule has 0 nitrogen and oxygen atoms in total. The molecule has 1 saturated carbocycles. The molecule has 0 atom stereocenters. The molecule has 1 aliphatic carbocycles. The van der Waals surface area contributed by atoms with Crippen LogP contribution in [0.25, 0.3) is 0 Å². The van der Waals surface area contributed by atoms with Gasteiger partial charge in [0.25, 0.3) is 0 Å². The lowest BCUT2D eigenvalue weighted by molar-refractivity contribution is 0.372. The first kappa shape index (κ1) is 15.0. The number of rotatable bonds is 4. The fourth-order valence-electron chi connectivity index (χ4n) is 1.51. The third kappa shape index (κ3) is 4.65. The van der Waals surface area contributed by atoms with Gasteiger partial charge in [-0.25, -0.2) is 0 Å². The first-order valence-electron chi connectivity index (χ1n) is 6.32.